The number of H-pyrrole nitrogens is 1. The van der Waals surface area contributed by atoms with Crippen LogP contribution in [0.1, 0.15) is 35.7 Å². The molecule has 1 heterocycles. The maximum atomic E-state index is 13.5. The minimum atomic E-state index is -0.200. The summed E-state index contributed by atoms with van der Waals surface area (Å²) < 4.78 is 26.5. The van der Waals surface area contributed by atoms with E-state index in [1.54, 1.807) is 6.07 Å². The van der Waals surface area contributed by atoms with Crippen molar-refractivity contribution in [3.05, 3.63) is 70.9 Å². The van der Waals surface area contributed by atoms with Gasteiger partial charge in [0.05, 0.1) is 0 Å². The molecule has 4 rings (SSSR count). The normalized spacial score (nSPS) is 17.2. The van der Waals surface area contributed by atoms with Gasteiger partial charge in [0, 0.05) is 22.6 Å². The molecule has 1 atom stereocenters. The Morgan fingerprint density at radius 2 is 1.83 bits per heavy atom. The van der Waals surface area contributed by atoms with Gasteiger partial charge in [-0.15, -0.1) is 0 Å². The van der Waals surface area contributed by atoms with Gasteiger partial charge in [-0.3, -0.25) is 0 Å². The zero-order chi connectivity index (χ0) is 16.5. The summed E-state index contributed by atoms with van der Waals surface area (Å²) in [7, 11) is 0. The molecule has 0 fully saturated rings. The fourth-order valence-corrected chi connectivity index (χ4v) is 3.68. The van der Waals surface area contributed by atoms with Crippen molar-refractivity contribution in [2.24, 2.45) is 0 Å². The van der Waals surface area contributed by atoms with E-state index in [9.17, 15) is 8.78 Å². The molecule has 0 amide bonds. The maximum absolute atomic E-state index is 13.5. The molecule has 2 N–H and O–H groups in total. The van der Waals surface area contributed by atoms with Crippen LogP contribution in [0.25, 0.3) is 10.9 Å². The highest BCUT2D eigenvalue weighted by molar-refractivity contribution is 5.85. The molecule has 2 aromatic carbocycles. The molecule has 0 saturated carbocycles. The van der Waals surface area contributed by atoms with Crippen LogP contribution in [0.2, 0.25) is 0 Å². The number of hydrogen-bond acceptors (Lipinski definition) is 1. The number of rotatable bonds is 4. The van der Waals surface area contributed by atoms with Crippen LogP contribution in [0.5, 0.6) is 0 Å². The van der Waals surface area contributed by atoms with Crippen LogP contribution in [0.3, 0.4) is 0 Å². The van der Waals surface area contributed by atoms with Gasteiger partial charge in [-0.25, -0.2) is 8.78 Å². The van der Waals surface area contributed by atoms with E-state index in [1.165, 1.54) is 29.5 Å². The SMILES string of the molecule is Fc1ccc(CCNC2CCCc3c2[nH]c2ccc(F)cc32)cc1. The van der Waals surface area contributed by atoms with E-state index in [4.69, 9.17) is 0 Å². The molecular weight excluding hydrogens is 306 g/mol. The van der Waals surface area contributed by atoms with E-state index in [0.717, 1.165) is 48.7 Å². The van der Waals surface area contributed by atoms with Crippen molar-refractivity contribution in [3.63, 3.8) is 0 Å². The molecule has 3 aromatic rings. The fourth-order valence-electron chi connectivity index (χ4n) is 3.68. The fraction of sp³-hybridized carbons (Fsp3) is 0.300. The molecular formula is C20H20F2N2. The highest BCUT2D eigenvalue weighted by atomic mass is 19.1. The lowest BCUT2D eigenvalue weighted by Gasteiger charge is -2.24. The summed E-state index contributed by atoms with van der Waals surface area (Å²) in [6.07, 6.45) is 4.03. The van der Waals surface area contributed by atoms with Gasteiger partial charge in [0.2, 0.25) is 0 Å². The molecule has 124 valence electrons. The van der Waals surface area contributed by atoms with E-state index < -0.39 is 0 Å². The summed E-state index contributed by atoms with van der Waals surface area (Å²) in [5.74, 6) is -0.385. The van der Waals surface area contributed by atoms with Gasteiger partial charge in [-0.2, -0.15) is 0 Å². The summed E-state index contributed by atoms with van der Waals surface area (Å²) in [6, 6.07) is 11.9. The van der Waals surface area contributed by atoms with Crippen molar-refractivity contribution < 1.29 is 8.78 Å². The lowest BCUT2D eigenvalue weighted by atomic mass is 9.91. The van der Waals surface area contributed by atoms with Crippen LogP contribution < -0.4 is 5.32 Å². The first kappa shape index (κ1) is 15.3. The predicted molar refractivity (Wildman–Crippen MR) is 92.0 cm³/mol. The first-order valence-corrected chi connectivity index (χ1v) is 8.48. The molecule has 0 aliphatic heterocycles. The third kappa shape index (κ3) is 2.94. The largest absolute Gasteiger partial charge is 0.357 e. The zero-order valence-electron chi connectivity index (χ0n) is 13.4. The summed E-state index contributed by atoms with van der Waals surface area (Å²) in [4.78, 5) is 3.47. The molecule has 1 aromatic heterocycles. The third-order valence-electron chi connectivity index (χ3n) is 4.89. The van der Waals surface area contributed by atoms with E-state index >= 15 is 0 Å². The summed E-state index contributed by atoms with van der Waals surface area (Å²) in [5.41, 5.74) is 4.57. The first-order valence-electron chi connectivity index (χ1n) is 8.48. The molecule has 4 heteroatoms. The average molecular weight is 326 g/mol. The van der Waals surface area contributed by atoms with E-state index in [-0.39, 0.29) is 17.7 Å². The van der Waals surface area contributed by atoms with Gasteiger partial charge < -0.3 is 10.3 Å². The zero-order valence-corrected chi connectivity index (χ0v) is 13.4. The number of nitrogens with one attached hydrogen (secondary N) is 2. The summed E-state index contributed by atoms with van der Waals surface area (Å²) in [5, 5.41) is 4.61. The van der Waals surface area contributed by atoms with Crippen molar-refractivity contribution in [1.29, 1.82) is 0 Å². The lowest BCUT2D eigenvalue weighted by Crippen LogP contribution is -2.27. The lowest BCUT2D eigenvalue weighted by molar-refractivity contribution is 0.456. The van der Waals surface area contributed by atoms with Gasteiger partial charge >= 0.3 is 0 Å². The molecule has 1 unspecified atom stereocenters. The monoisotopic (exact) mass is 326 g/mol. The first-order chi connectivity index (χ1) is 11.7. The van der Waals surface area contributed by atoms with Crippen molar-refractivity contribution in [2.45, 2.75) is 31.7 Å². The molecule has 2 nitrogen and oxygen atoms in total. The molecule has 1 aliphatic carbocycles. The number of fused-ring (bicyclic) bond motifs is 3. The van der Waals surface area contributed by atoms with E-state index in [2.05, 4.69) is 10.3 Å². The molecule has 1 aliphatic rings. The Morgan fingerprint density at radius 3 is 2.67 bits per heavy atom. The van der Waals surface area contributed by atoms with Crippen LogP contribution in [0.15, 0.2) is 42.5 Å². The standard InChI is InChI=1S/C20H20F2N2/c21-14-6-4-13(5-7-14)10-11-23-19-3-1-2-16-17-12-15(22)8-9-18(17)24-20(16)19/h4-9,12,19,23-24H,1-3,10-11H2. The van der Waals surface area contributed by atoms with Crippen LogP contribution in [0.4, 0.5) is 8.78 Å². The number of aromatic amines is 1. The molecule has 0 spiro atoms. The number of aromatic nitrogens is 1. The van der Waals surface area contributed by atoms with Crippen LogP contribution in [-0.2, 0) is 12.8 Å². The molecule has 0 radical (unpaired) electrons. The second kappa shape index (κ2) is 6.36. The Morgan fingerprint density at radius 1 is 1.04 bits per heavy atom. The van der Waals surface area contributed by atoms with E-state index in [1.807, 2.05) is 18.2 Å². The second-order valence-electron chi connectivity index (χ2n) is 6.48. The Hall–Kier alpha value is -2.20. The predicted octanol–water partition coefficient (Wildman–Crippen LogP) is 4.66. The maximum Gasteiger partial charge on any atom is 0.123 e. The Bertz CT molecular complexity index is 852. The Balaban J connectivity index is 1.49. The van der Waals surface area contributed by atoms with Crippen LogP contribution >= 0.6 is 0 Å². The van der Waals surface area contributed by atoms with Crippen molar-refractivity contribution >= 4 is 10.9 Å². The van der Waals surface area contributed by atoms with Crippen LogP contribution in [-0.4, -0.2) is 11.5 Å². The van der Waals surface area contributed by atoms with Crippen molar-refractivity contribution in [1.82, 2.24) is 10.3 Å². The number of halogens is 2. The van der Waals surface area contributed by atoms with Crippen molar-refractivity contribution in [2.75, 3.05) is 6.54 Å². The van der Waals surface area contributed by atoms with Gasteiger partial charge in [-0.1, -0.05) is 12.1 Å². The number of aryl methyl sites for hydroxylation is 1. The van der Waals surface area contributed by atoms with Gasteiger partial charge in [0.1, 0.15) is 11.6 Å². The smallest absolute Gasteiger partial charge is 0.123 e. The Labute approximate surface area is 139 Å². The molecule has 24 heavy (non-hydrogen) atoms. The van der Waals surface area contributed by atoms with Crippen LogP contribution in [0, 0.1) is 11.6 Å². The van der Waals surface area contributed by atoms with Gasteiger partial charge in [0.25, 0.3) is 0 Å². The topological polar surface area (TPSA) is 27.8 Å². The molecule has 0 saturated heterocycles. The summed E-state index contributed by atoms with van der Waals surface area (Å²) >= 11 is 0. The number of hydrogen-bond donors (Lipinski definition) is 2. The quantitative estimate of drug-likeness (QED) is 0.717. The minimum absolute atomic E-state index is 0.185. The number of benzene rings is 2. The average Bonchev–Trinajstić information content (AvgIpc) is 2.95. The molecule has 0 bridgehead atoms. The van der Waals surface area contributed by atoms with Crippen molar-refractivity contribution in [3.8, 4) is 0 Å². The highest BCUT2D eigenvalue weighted by Crippen LogP contribution is 2.34. The third-order valence-corrected chi connectivity index (χ3v) is 4.89. The van der Waals surface area contributed by atoms with Gasteiger partial charge in [0.15, 0.2) is 0 Å². The van der Waals surface area contributed by atoms with Gasteiger partial charge in [-0.05, 0) is 73.7 Å². The Kier molecular flexibility index (Phi) is 4.07. The van der Waals surface area contributed by atoms with E-state index in [0.29, 0.717) is 0 Å². The highest BCUT2D eigenvalue weighted by Gasteiger charge is 2.23. The minimum Gasteiger partial charge on any atom is -0.357 e. The summed E-state index contributed by atoms with van der Waals surface area (Å²) in [6.45, 7) is 0.833. The second-order valence-corrected chi connectivity index (χ2v) is 6.48.